The number of benzene rings is 3. The van der Waals surface area contributed by atoms with Crippen LogP contribution in [-0.2, 0) is 0 Å². The third kappa shape index (κ3) is 2.40. The van der Waals surface area contributed by atoms with Crippen molar-refractivity contribution in [1.82, 2.24) is 15.0 Å². The Kier molecular flexibility index (Phi) is 3.22. The summed E-state index contributed by atoms with van der Waals surface area (Å²) < 4.78 is 0. The molecule has 0 saturated heterocycles. The van der Waals surface area contributed by atoms with Crippen molar-refractivity contribution in [3.8, 4) is 22.6 Å². The van der Waals surface area contributed by atoms with Crippen LogP contribution in [-0.4, -0.2) is 15.0 Å². The van der Waals surface area contributed by atoms with Gasteiger partial charge in [0.05, 0.1) is 22.2 Å². The number of nitrogens with one attached hydrogen (secondary N) is 1. The average Bonchev–Trinajstić information content (AvgIpc) is 3.12. The maximum atomic E-state index is 5.82. The van der Waals surface area contributed by atoms with Crippen molar-refractivity contribution in [2.24, 2.45) is 0 Å². The number of H-pyrrole nitrogens is 1. The van der Waals surface area contributed by atoms with E-state index in [0.717, 1.165) is 50.3 Å². The van der Waals surface area contributed by atoms with Gasteiger partial charge in [-0.15, -0.1) is 0 Å². The van der Waals surface area contributed by atoms with E-state index < -0.39 is 0 Å². The van der Waals surface area contributed by atoms with E-state index in [-0.39, 0.29) is 0 Å². The number of rotatable bonds is 2. The quantitative estimate of drug-likeness (QED) is 0.444. The van der Waals surface area contributed by atoms with E-state index in [1.165, 1.54) is 0 Å². The van der Waals surface area contributed by atoms with E-state index in [9.17, 15) is 0 Å². The normalized spacial score (nSPS) is 11.2. The van der Waals surface area contributed by atoms with Gasteiger partial charge < -0.3 is 10.7 Å². The highest BCUT2D eigenvalue weighted by atomic mass is 14.9. The first kappa shape index (κ1) is 14.7. The van der Waals surface area contributed by atoms with Crippen LogP contribution in [0.15, 0.2) is 78.9 Å². The molecule has 0 atom stereocenters. The molecule has 124 valence electrons. The fourth-order valence-corrected chi connectivity index (χ4v) is 3.25. The zero-order valence-electron chi connectivity index (χ0n) is 14.0. The Bertz CT molecular complexity index is 1200. The van der Waals surface area contributed by atoms with E-state index in [2.05, 4.69) is 17.1 Å². The summed E-state index contributed by atoms with van der Waals surface area (Å²) in [6.45, 7) is 0. The Balaban J connectivity index is 1.78. The number of nitrogens with zero attached hydrogens (tertiary/aromatic N) is 2. The third-order valence-corrected chi connectivity index (χ3v) is 4.57. The van der Waals surface area contributed by atoms with Crippen molar-refractivity contribution in [2.75, 3.05) is 5.73 Å². The van der Waals surface area contributed by atoms with Crippen LogP contribution in [0.3, 0.4) is 0 Å². The average molecular weight is 336 g/mol. The lowest BCUT2D eigenvalue weighted by molar-refractivity contribution is 1.32. The second-order valence-electron chi connectivity index (χ2n) is 6.30. The van der Waals surface area contributed by atoms with E-state index in [4.69, 9.17) is 15.7 Å². The monoisotopic (exact) mass is 336 g/mol. The lowest BCUT2D eigenvalue weighted by Gasteiger charge is -2.08. The zero-order valence-corrected chi connectivity index (χ0v) is 14.0. The Labute approximate surface area is 150 Å². The van der Waals surface area contributed by atoms with Crippen molar-refractivity contribution in [2.45, 2.75) is 0 Å². The molecule has 0 radical (unpaired) electrons. The lowest BCUT2D eigenvalue weighted by Crippen LogP contribution is -1.91. The number of nitrogen functional groups attached to an aromatic ring is 1. The van der Waals surface area contributed by atoms with Crippen LogP contribution in [0.1, 0.15) is 0 Å². The highest BCUT2D eigenvalue weighted by Gasteiger charge is 2.12. The molecule has 0 bridgehead atoms. The lowest BCUT2D eigenvalue weighted by atomic mass is 10.0. The van der Waals surface area contributed by atoms with Crippen molar-refractivity contribution in [3.63, 3.8) is 0 Å². The summed E-state index contributed by atoms with van der Waals surface area (Å²) in [5, 5.41) is 1.07. The number of hydrogen-bond acceptors (Lipinski definition) is 3. The standard InChI is InChI=1S/C22H16N4/c23-15-11-9-14(10-12-15)21-13-17(16-5-1-2-6-18(16)24-21)22-25-19-7-3-4-8-20(19)26-22/h1-13H,23H2,(H,25,26). The van der Waals surface area contributed by atoms with Gasteiger partial charge in [0.2, 0.25) is 0 Å². The molecule has 0 amide bonds. The molecule has 0 fully saturated rings. The molecular formula is C22H16N4. The second-order valence-corrected chi connectivity index (χ2v) is 6.30. The molecule has 26 heavy (non-hydrogen) atoms. The molecule has 2 aromatic heterocycles. The Hall–Kier alpha value is -3.66. The number of fused-ring (bicyclic) bond motifs is 2. The van der Waals surface area contributed by atoms with Gasteiger partial charge in [0.1, 0.15) is 5.82 Å². The summed E-state index contributed by atoms with van der Waals surface area (Å²) in [4.78, 5) is 13.0. The minimum atomic E-state index is 0.743. The first-order valence-corrected chi connectivity index (χ1v) is 8.49. The van der Waals surface area contributed by atoms with E-state index in [0.29, 0.717) is 0 Å². The Morgan fingerprint density at radius 1 is 0.731 bits per heavy atom. The van der Waals surface area contributed by atoms with Gasteiger partial charge in [-0.3, -0.25) is 0 Å². The van der Waals surface area contributed by atoms with E-state index >= 15 is 0 Å². The highest BCUT2D eigenvalue weighted by Crippen LogP contribution is 2.31. The fourth-order valence-electron chi connectivity index (χ4n) is 3.25. The number of aromatic amines is 1. The van der Waals surface area contributed by atoms with Gasteiger partial charge >= 0.3 is 0 Å². The van der Waals surface area contributed by atoms with Crippen molar-refractivity contribution >= 4 is 27.6 Å². The molecule has 5 rings (SSSR count). The molecular weight excluding hydrogens is 320 g/mol. The largest absolute Gasteiger partial charge is 0.399 e. The molecule has 4 nitrogen and oxygen atoms in total. The van der Waals surface area contributed by atoms with Gasteiger partial charge in [-0.25, -0.2) is 9.97 Å². The van der Waals surface area contributed by atoms with Crippen molar-refractivity contribution in [3.05, 3.63) is 78.9 Å². The van der Waals surface area contributed by atoms with Crippen molar-refractivity contribution < 1.29 is 0 Å². The van der Waals surface area contributed by atoms with Gasteiger partial charge in [0.25, 0.3) is 0 Å². The van der Waals surface area contributed by atoms with Crippen LogP contribution in [0.25, 0.3) is 44.6 Å². The third-order valence-electron chi connectivity index (χ3n) is 4.57. The van der Waals surface area contributed by atoms with Gasteiger partial charge in [0, 0.05) is 22.2 Å². The molecule has 5 aromatic rings. The van der Waals surface area contributed by atoms with Crippen LogP contribution >= 0.6 is 0 Å². The topological polar surface area (TPSA) is 67.6 Å². The van der Waals surface area contributed by atoms with Crippen LogP contribution in [0.2, 0.25) is 0 Å². The maximum absolute atomic E-state index is 5.82. The summed E-state index contributed by atoms with van der Waals surface area (Å²) in [7, 11) is 0. The van der Waals surface area contributed by atoms with Gasteiger partial charge in [-0.1, -0.05) is 42.5 Å². The van der Waals surface area contributed by atoms with Crippen LogP contribution < -0.4 is 5.73 Å². The first-order valence-electron chi connectivity index (χ1n) is 8.49. The van der Waals surface area contributed by atoms with Crippen LogP contribution in [0, 0.1) is 0 Å². The van der Waals surface area contributed by atoms with Crippen molar-refractivity contribution in [1.29, 1.82) is 0 Å². The zero-order chi connectivity index (χ0) is 17.5. The minimum absolute atomic E-state index is 0.743. The first-order chi connectivity index (χ1) is 12.8. The van der Waals surface area contributed by atoms with Gasteiger partial charge in [0.15, 0.2) is 0 Å². The number of imidazole rings is 1. The molecule has 0 aliphatic rings. The fraction of sp³-hybridized carbons (Fsp3) is 0. The van der Waals surface area contributed by atoms with Crippen LogP contribution in [0.5, 0.6) is 0 Å². The molecule has 2 heterocycles. The molecule has 3 aromatic carbocycles. The summed E-state index contributed by atoms with van der Waals surface area (Å²) in [5.41, 5.74) is 12.5. The number of pyridine rings is 1. The Morgan fingerprint density at radius 2 is 1.46 bits per heavy atom. The van der Waals surface area contributed by atoms with E-state index in [1.807, 2.05) is 66.7 Å². The van der Waals surface area contributed by atoms with Crippen LogP contribution in [0.4, 0.5) is 5.69 Å². The molecule has 0 unspecified atom stereocenters. The highest BCUT2D eigenvalue weighted by molar-refractivity contribution is 5.96. The number of para-hydroxylation sites is 3. The summed E-state index contributed by atoms with van der Waals surface area (Å²) in [5.74, 6) is 0.849. The van der Waals surface area contributed by atoms with Gasteiger partial charge in [-0.05, 0) is 36.4 Å². The molecule has 4 heteroatoms. The number of aromatic nitrogens is 3. The molecule has 0 spiro atoms. The molecule has 0 aliphatic carbocycles. The SMILES string of the molecule is Nc1ccc(-c2cc(-c3nc4ccccc4[nH]3)c3ccccc3n2)cc1. The van der Waals surface area contributed by atoms with E-state index in [1.54, 1.807) is 0 Å². The smallest absolute Gasteiger partial charge is 0.139 e. The molecule has 0 aliphatic heterocycles. The Morgan fingerprint density at radius 3 is 2.27 bits per heavy atom. The minimum Gasteiger partial charge on any atom is -0.399 e. The van der Waals surface area contributed by atoms with Gasteiger partial charge in [-0.2, -0.15) is 0 Å². The predicted molar refractivity (Wildman–Crippen MR) is 107 cm³/mol. The summed E-state index contributed by atoms with van der Waals surface area (Å²) in [6, 6.07) is 26.1. The second kappa shape index (κ2) is 5.70. The number of hydrogen-bond donors (Lipinski definition) is 2. The molecule has 0 saturated carbocycles. The number of nitrogens with two attached hydrogens (primary N) is 1. The maximum Gasteiger partial charge on any atom is 0.139 e. The summed E-state index contributed by atoms with van der Waals surface area (Å²) in [6.07, 6.45) is 0. The summed E-state index contributed by atoms with van der Waals surface area (Å²) >= 11 is 0. The number of anilines is 1. The predicted octanol–water partition coefficient (Wildman–Crippen LogP) is 5.03. The molecule has 3 N–H and O–H groups in total.